The van der Waals surface area contributed by atoms with Gasteiger partial charge in [-0.25, -0.2) is 4.98 Å². The van der Waals surface area contributed by atoms with Crippen molar-refractivity contribution >= 4 is 23.3 Å². The zero-order valence-electron chi connectivity index (χ0n) is 16.1. The Morgan fingerprint density at radius 2 is 2.21 bits per heavy atom. The molecular formula is C21H23N5O3. The van der Waals surface area contributed by atoms with Crippen molar-refractivity contribution in [3.05, 3.63) is 47.9 Å². The van der Waals surface area contributed by atoms with E-state index in [0.717, 1.165) is 18.4 Å². The Balaban J connectivity index is 1.37. The van der Waals surface area contributed by atoms with Crippen molar-refractivity contribution in [3.63, 3.8) is 0 Å². The van der Waals surface area contributed by atoms with Gasteiger partial charge in [0.1, 0.15) is 11.9 Å². The quantitative estimate of drug-likeness (QED) is 0.853. The van der Waals surface area contributed by atoms with Crippen LogP contribution < -0.4 is 10.2 Å². The number of rotatable bonds is 4. The summed E-state index contributed by atoms with van der Waals surface area (Å²) in [6.07, 6.45) is 7.20. The predicted molar refractivity (Wildman–Crippen MR) is 107 cm³/mol. The van der Waals surface area contributed by atoms with Gasteiger partial charge in [-0.1, -0.05) is 6.07 Å². The van der Waals surface area contributed by atoms with Gasteiger partial charge >= 0.3 is 0 Å². The van der Waals surface area contributed by atoms with Crippen LogP contribution in [-0.2, 0) is 9.53 Å². The first-order valence-electron chi connectivity index (χ1n) is 10.0. The van der Waals surface area contributed by atoms with Gasteiger partial charge in [-0.3, -0.25) is 14.6 Å². The molecule has 2 amide bonds. The molecule has 4 heterocycles. The molecule has 2 aromatic heterocycles. The normalized spacial score (nSPS) is 21.5. The molecule has 8 heteroatoms. The molecule has 0 spiro atoms. The molecule has 1 aliphatic carbocycles. The fourth-order valence-electron chi connectivity index (χ4n) is 3.84. The number of hydrogen-bond acceptors (Lipinski definition) is 6. The average Bonchev–Trinajstić information content (AvgIpc) is 3.60. The van der Waals surface area contributed by atoms with Crippen LogP contribution in [0.4, 0.5) is 11.5 Å². The third-order valence-electron chi connectivity index (χ3n) is 5.66. The van der Waals surface area contributed by atoms with Crippen LogP contribution in [0.15, 0.2) is 36.8 Å². The fourth-order valence-corrected chi connectivity index (χ4v) is 3.84. The number of hydrogen-bond donors (Lipinski definition) is 1. The molecule has 2 aliphatic heterocycles. The summed E-state index contributed by atoms with van der Waals surface area (Å²) in [5, 5.41) is 3.06. The fraction of sp³-hybridized carbons (Fsp3) is 0.429. The van der Waals surface area contributed by atoms with Crippen molar-refractivity contribution in [2.45, 2.75) is 18.9 Å². The summed E-state index contributed by atoms with van der Waals surface area (Å²) < 4.78 is 5.84. The van der Waals surface area contributed by atoms with E-state index >= 15 is 0 Å². The first kappa shape index (κ1) is 18.1. The summed E-state index contributed by atoms with van der Waals surface area (Å²) >= 11 is 0. The number of aromatic nitrogens is 2. The molecule has 0 bridgehead atoms. The molecule has 3 aliphatic rings. The van der Waals surface area contributed by atoms with E-state index in [-0.39, 0.29) is 24.5 Å². The lowest BCUT2D eigenvalue weighted by molar-refractivity contribution is -0.117. The van der Waals surface area contributed by atoms with E-state index in [1.165, 1.54) is 0 Å². The lowest BCUT2D eigenvalue weighted by Gasteiger charge is -2.34. The number of carbonyl (C=O) groups is 2. The van der Waals surface area contributed by atoms with Crippen LogP contribution in [0.2, 0.25) is 0 Å². The maximum atomic E-state index is 13.2. The SMILES string of the molecule is O=C(c1cnc2c(c1)N(CC1CC1)C(=O)CN2)N1CCOC(c2cccnc2)C1. The Hall–Kier alpha value is -3.00. The minimum absolute atomic E-state index is 0.0267. The summed E-state index contributed by atoms with van der Waals surface area (Å²) in [6.45, 7) is 2.40. The van der Waals surface area contributed by atoms with Gasteiger partial charge in [-0.15, -0.1) is 0 Å². The second-order valence-corrected chi connectivity index (χ2v) is 7.79. The van der Waals surface area contributed by atoms with Gasteiger partial charge in [0.15, 0.2) is 0 Å². The van der Waals surface area contributed by atoms with E-state index in [1.54, 1.807) is 34.5 Å². The molecule has 1 saturated carbocycles. The molecule has 29 heavy (non-hydrogen) atoms. The zero-order chi connectivity index (χ0) is 19.8. The van der Waals surface area contributed by atoms with E-state index in [4.69, 9.17) is 4.74 Å². The van der Waals surface area contributed by atoms with E-state index < -0.39 is 0 Å². The van der Waals surface area contributed by atoms with Crippen molar-refractivity contribution in [3.8, 4) is 0 Å². The van der Waals surface area contributed by atoms with Crippen molar-refractivity contribution < 1.29 is 14.3 Å². The number of pyridine rings is 2. The highest BCUT2D eigenvalue weighted by Crippen LogP contribution is 2.35. The lowest BCUT2D eigenvalue weighted by Crippen LogP contribution is -2.43. The highest BCUT2D eigenvalue weighted by atomic mass is 16.5. The van der Waals surface area contributed by atoms with E-state index in [9.17, 15) is 9.59 Å². The Labute approximate surface area is 168 Å². The minimum atomic E-state index is -0.193. The number of fused-ring (bicyclic) bond motifs is 1. The molecule has 5 rings (SSSR count). The summed E-state index contributed by atoms with van der Waals surface area (Å²) in [5.41, 5.74) is 2.16. The van der Waals surface area contributed by atoms with E-state index in [2.05, 4.69) is 15.3 Å². The molecule has 1 N–H and O–H groups in total. The molecule has 0 radical (unpaired) electrons. The predicted octanol–water partition coefficient (Wildman–Crippen LogP) is 1.86. The smallest absolute Gasteiger partial charge is 0.255 e. The molecule has 2 aromatic rings. The van der Waals surface area contributed by atoms with Crippen molar-refractivity contribution in [2.24, 2.45) is 5.92 Å². The van der Waals surface area contributed by atoms with Crippen LogP contribution in [0.5, 0.6) is 0 Å². The third kappa shape index (κ3) is 3.67. The van der Waals surface area contributed by atoms with Gasteiger partial charge in [0, 0.05) is 37.2 Å². The van der Waals surface area contributed by atoms with Crippen LogP contribution >= 0.6 is 0 Å². The highest BCUT2D eigenvalue weighted by molar-refractivity contribution is 6.04. The monoisotopic (exact) mass is 393 g/mol. The maximum absolute atomic E-state index is 13.2. The summed E-state index contributed by atoms with van der Waals surface area (Å²) in [7, 11) is 0. The van der Waals surface area contributed by atoms with Crippen molar-refractivity contribution in [1.29, 1.82) is 0 Å². The Kier molecular flexibility index (Phi) is 4.63. The van der Waals surface area contributed by atoms with E-state index in [0.29, 0.717) is 49.2 Å². The topological polar surface area (TPSA) is 87.7 Å². The standard InChI is InChI=1S/C21H23N5O3/c27-19-11-24-20-17(26(19)12-14-3-4-14)8-16(10-23-20)21(28)25-6-7-29-18(13-25)15-2-1-5-22-9-15/h1-2,5,8-10,14,18H,3-4,6-7,11-13H2,(H,23,24). The average molecular weight is 393 g/mol. The van der Waals surface area contributed by atoms with Gasteiger partial charge in [-0.05, 0) is 30.9 Å². The first-order chi connectivity index (χ1) is 14.2. The molecule has 8 nitrogen and oxygen atoms in total. The summed E-state index contributed by atoms with van der Waals surface area (Å²) in [5.74, 6) is 1.15. The number of carbonyl (C=O) groups excluding carboxylic acids is 2. The van der Waals surface area contributed by atoms with Gasteiger partial charge in [0.2, 0.25) is 5.91 Å². The number of ether oxygens (including phenoxy) is 1. The van der Waals surface area contributed by atoms with Crippen LogP contribution in [-0.4, -0.2) is 59.5 Å². The molecular weight excluding hydrogens is 370 g/mol. The molecule has 0 aromatic carbocycles. The van der Waals surface area contributed by atoms with Crippen molar-refractivity contribution in [1.82, 2.24) is 14.9 Å². The maximum Gasteiger partial charge on any atom is 0.255 e. The number of morpholine rings is 1. The number of amides is 2. The molecule has 1 unspecified atom stereocenters. The zero-order valence-corrected chi connectivity index (χ0v) is 16.1. The summed E-state index contributed by atoms with van der Waals surface area (Å²) in [6, 6.07) is 5.62. The van der Waals surface area contributed by atoms with Gasteiger partial charge in [0.05, 0.1) is 30.9 Å². The van der Waals surface area contributed by atoms with Gasteiger partial charge in [-0.2, -0.15) is 0 Å². The van der Waals surface area contributed by atoms with Crippen LogP contribution in [0, 0.1) is 5.92 Å². The lowest BCUT2D eigenvalue weighted by atomic mass is 10.1. The number of nitrogens with zero attached hydrogens (tertiary/aromatic N) is 4. The largest absolute Gasteiger partial charge is 0.370 e. The number of anilines is 2. The summed E-state index contributed by atoms with van der Waals surface area (Å²) in [4.78, 5) is 37.7. The Morgan fingerprint density at radius 3 is 3.00 bits per heavy atom. The first-order valence-corrected chi connectivity index (χ1v) is 10.0. The number of nitrogens with one attached hydrogen (secondary N) is 1. The van der Waals surface area contributed by atoms with Gasteiger partial charge < -0.3 is 19.9 Å². The van der Waals surface area contributed by atoms with Crippen LogP contribution in [0.1, 0.15) is 34.9 Å². The Morgan fingerprint density at radius 1 is 1.31 bits per heavy atom. The molecule has 1 atom stereocenters. The van der Waals surface area contributed by atoms with Crippen molar-refractivity contribution in [2.75, 3.05) is 43.0 Å². The van der Waals surface area contributed by atoms with Crippen LogP contribution in [0.25, 0.3) is 0 Å². The Bertz CT molecular complexity index is 931. The van der Waals surface area contributed by atoms with Crippen LogP contribution in [0.3, 0.4) is 0 Å². The van der Waals surface area contributed by atoms with E-state index in [1.807, 2.05) is 12.1 Å². The third-order valence-corrected chi connectivity index (χ3v) is 5.66. The minimum Gasteiger partial charge on any atom is -0.370 e. The second-order valence-electron chi connectivity index (χ2n) is 7.79. The molecule has 150 valence electrons. The molecule has 1 saturated heterocycles. The van der Waals surface area contributed by atoms with Gasteiger partial charge in [0.25, 0.3) is 5.91 Å². The molecule has 2 fully saturated rings. The highest BCUT2D eigenvalue weighted by Gasteiger charge is 2.33. The second kappa shape index (κ2) is 7.44.